The minimum Gasteiger partial charge on any atom is -0.253 e. The first-order valence-corrected chi connectivity index (χ1v) is 10.6. The summed E-state index contributed by atoms with van der Waals surface area (Å²) in [6.07, 6.45) is 1.82. The summed E-state index contributed by atoms with van der Waals surface area (Å²) in [5.41, 5.74) is 8.56. The van der Waals surface area contributed by atoms with Crippen LogP contribution in [0.3, 0.4) is 0 Å². The van der Waals surface area contributed by atoms with Gasteiger partial charge in [-0.2, -0.15) is 5.10 Å². The van der Waals surface area contributed by atoms with Crippen molar-refractivity contribution in [2.45, 2.75) is 0 Å². The van der Waals surface area contributed by atoms with Crippen LogP contribution in [0.2, 0.25) is 0 Å². The Morgan fingerprint density at radius 1 is 0.700 bits per heavy atom. The first-order valence-electron chi connectivity index (χ1n) is 9.74. The monoisotopic (exact) mass is 405 g/mol. The lowest BCUT2D eigenvalue weighted by Crippen LogP contribution is -1.90. The normalized spacial score (nSPS) is 11.2. The van der Waals surface area contributed by atoms with Crippen LogP contribution >= 0.6 is 11.3 Å². The summed E-state index contributed by atoms with van der Waals surface area (Å²) in [4.78, 5) is 4.66. The summed E-state index contributed by atoms with van der Waals surface area (Å²) >= 11 is 1.55. The number of nitrogens with zero attached hydrogens (tertiary/aromatic N) is 2. The van der Waals surface area contributed by atoms with Crippen molar-refractivity contribution in [1.29, 1.82) is 0 Å². The second kappa shape index (κ2) is 8.31. The maximum absolute atomic E-state index is 4.66. The van der Waals surface area contributed by atoms with Crippen molar-refractivity contribution >= 4 is 33.5 Å². The Kier molecular flexibility index (Phi) is 5.06. The largest absolute Gasteiger partial charge is 0.253 e. The van der Waals surface area contributed by atoms with Crippen LogP contribution in [0.15, 0.2) is 108 Å². The van der Waals surface area contributed by atoms with Gasteiger partial charge in [0.05, 0.1) is 11.9 Å². The number of rotatable bonds is 5. The van der Waals surface area contributed by atoms with Crippen molar-refractivity contribution in [2.75, 3.05) is 5.43 Å². The van der Waals surface area contributed by atoms with Gasteiger partial charge in [0.25, 0.3) is 0 Å². The molecule has 0 saturated carbocycles. The number of hydrogen-bond donors (Lipinski definition) is 1. The standard InChI is InChI=1S/C26H19N3S/c1-2-6-20(7-3-1)22-12-14-23(15-13-22)25-18-30-26(28-25)29-27-17-19-10-11-21-8-4-5-9-24(21)16-19/h1-18H,(H,28,29)/b27-17+. The molecule has 0 atom stereocenters. The number of hydrogen-bond acceptors (Lipinski definition) is 4. The number of thiazole rings is 1. The Labute approximate surface area is 179 Å². The van der Waals surface area contributed by atoms with Crippen LogP contribution in [-0.2, 0) is 0 Å². The van der Waals surface area contributed by atoms with Gasteiger partial charge >= 0.3 is 0 Å². The number of nitrogens with one attached hydrogen (secondary N) is 1. The van der Waals surface area contributed by atoms with E-state index in [1.54, 1.807) is 11.3 Å². The van der Waals surface area contributed by atoms with E-state index >= 15 is 0 Å². The van der Waals surface area contributed by atoms with Crippen molar-refractivity contribution < 1.29 is 0 Å². The third kappa shape index (κ3) is 4.00. The number of aromatic nitrogens is 1. The van der Waals surface area contributed by atoms with E-state index in [1.807, 2.05) is 29.8 Å². The first kappa shape index (κ1) is 18.3. The zero-order chi connectivity index (χ0) is 20.2. The van der Waals surface area contributed by atoms with Gasteiger partial charge in [0.15, 0.2) is 0 Å². The second-order valence-corrected chi connectivity index (χ2v) is 7.82. The lowest BCUT2D eigenvalue weighted by atomic mass is 10.0. The van der Waals surface area contributed by atoms with Gasteiger partial charge in [-0.3, -0.25) is 5.43 Å². The maximum atomic E-state index is 4.66. The Morgan fingerprint density at radius 3 is 2.23 bits per heavy atom. The molecule has 0 radical (unpaired) electrons. The van der Waals surface area contributed by atoms with Crippen molar-refractivity contribution in [1.82, 2.24) is 4.98 Å². The molecule has 1 aromatic heterocycles. The van der Waals surface area contributed by atoms with Gasteiger partial charge in [0.1, 0.15) is 0 Å². The zero-order valence-corrected chi connectivity index (χ0v) is 17.0. The second-order valence-electron chi connectivity index (χ2n) is 6.96. The summed E-state index contributed by atoms with van der Waals surface area (Å²) in [5, 5.41) is 9.60. The van der Waals surface area contributed by atoms with E-state index in [1.165, 1.54) is 21.9 Å². The minimum absolute atomic E-state index is 0.772. The molecule has 4 aromatic carbocycles. The maximum Gasteiger partial charge on any atom is 0.203 e. The molecule has 5 aromatic rings. The molecular weight excluding hydrogens is 386 g/mol. The number of anilines is 1. The van der Waals surface area contributed by atoms with Crippen LogP contribution in [-0.4, -0.2) is 11.2 Å². The van der Waals surface area contributed by atoms with Crippen LogP contribution in [0.4, 0.5) is 5.13 Å². The highest BCUT2D eigenvalue weighted by molar-refractivity contribution is 7.14. The fourth-order valence-corrected chi connectivity index (χ4v) is 4.04. The predicted octanol–water partition coefficient (Wildman–Crippen LogP) is 7.08. The first-order chi connectivity index (χ1) is 14.8. The lowest BCUT2D eigenvalue weighted by molar-refractivity contribution is 1.29. The summed E-state index contributed by atoms with van der Waals surface area (Å²) < 4.78 is 0. The van der Waals surface area contributed by atoms with Crippen molar-refractivity contribution in [3.8, 4) is 22.4 Å². The molecule has 0 amide bonds. The summed E-state index contributed by atoms with van der Waals surface area (Å²) in [6.45, 7) is 0. The molecule has 0 fully saturated rings. The van der Waals surface area contributed by atoms with Crippen molar-refractivity contribution in [3.05, 3.63) is 108 Å². The average molecular weight is 406 g/mol. The highest BCUT2D eigenvalue weighted by atomic mass is 32.1. The molecular formula is C26H19N3S. The third-order valence-electron chi connectivity index (χ3n) is 4.94. The SMILES string of the molecule is C(=N\Nc1nc(-c2ccc(-c3ccccc3)cc2)cs1)/c1ccc2ccccc2c1. The van der Waals surface area contributed by atoms with Gasteiger partial charge in [0.2, 0.25) is 5.13 Å². The average Bonchev–Trinajstić information content (AvgIpc) is 3.29. The van der Waals surface area contributed by atoms with E-state index in [2.05, 4.69) is 94.4 Å². The van der Waals surface area contributed by atoms with Gasteiger partial charge in [-0.25, -0.2) is 4.98 Å². The van der Waals surface area contributed by atoms with E-state index in [0.717, 1.165) is 22.0 Å². The number of hydrazone groups is 1. The summed E-state index contributed by atoms with van der Waals surface area (Å²) in [7, 11) is 0. The van der Waals surface area contributed by atoms with Crippen LogP contribution in [0.5, 0.6) is 0 Å². The lowest BCUT2D eigenvalue weighted by Gasteiger charge is -2.02. The molecule has 1 heterocycles. The molecule has 30 heavy (non-hydrogen) atoms. The number of benzene rings is 4. The minimum atomic E-state index is 0.772. The van der Waals surface area contributed by atoms with E-state index in [4.69, 9.17) is 0 Å². The zero-order valence-electron chi connectivity index (χ0n) is 16.2. The molecule has 0 saturated heterocycles. The fraction of sp³-hybridized carbons (Fsp3) is 0. The van der Waals surface area contributed by atoms with E-state index in [-0.39, 0.29) is 0 Å². The molecule has 1 N–H and O–H groups in total. The molecule has 4 heteroatoms. The summed E-state index contributed by atoms with van der Waals surface area (Å²) in [5.74, 6) is 0. The van der Waals surface area contributed by atoms with E-state index in [9.17, 15) is 0 Å². The quantitative estimate of drug-likeness (QED) is 0.251. The van der Waals surface area contributed by atoms with Gasteiger partial charge in [-0.05, 0) is 33.5 Å². The van der Waals surface area contributed by atoms with Crippen molar-refractivity contribution in [2.24, 2.45) is 5.10 Å². The fourth-order valence-electron chi connectivity index (χ4n) is 3.37. The van der Waals surface area contributed by atoms with Crippen LogP contribution in [0.1, 0.15) is 5.56 Å². The van der Waals surface area contributed by atoms with Crippen LogP contribution in [0.25, 0.3) is 33.2 Å². The highest BCUT2D eigenvalue weighted by Gasteiger charge is 2.05. The van der Waals surface area contributed by atoms with E-state index < -0.39 is 0 Å². The van der Waals surface area contributed by atoms with Gasteiger partial charge < -0.3 is 0 Å². The number of fused-ring (bicyclic) bond motifs is 1. The molecule has 0 bridgehead atoms. The van der Waals surface area contributed by atoms with Crippen LogP contribution in [0, 0.1) is 0 Å². The third-order valence-corrected chi connectivity index (χ3v) is 5.69. The highest BCUT2D eigenvalue weighted by Crippen LogP contribution is 2.27. The molecule has 0 aliphatic rings. The van der Waals surface area contributed by atoms with Gasteiger partial charge in [-0.15, -0.1) is 11.3 Å². The van der Waals surface area contributed by atoms with E-state index in [0.29, 0.717) is 0 Å². The smallest absolute Gasteiger partial charge is 0.203 e. The summed E-state index contributed by atoms with van der Waals surface area (Å²) in [6, 6.07) is 33.5. The van der Waals surface area contributed by atoms with Crippen molar-refractivity contribution in [3.63, 3.8) is 0 Å². The predicted molar refractivity (Wildman–Crippen MR) is 128 cm³/mol. The molecule has 0 aliphatic heterocycles. The Bertz CT molecular complexity index is 1310. The molecule has 0 aliphatic carbocycles. The van der Waals surface area contributed by atoms with Crippen LogP contribution < -0.4 is 5.43 Å². The molecule has 3 nitrogen and oxygen atoms in total. The Balaban J connectivity index is 1.27. The Morgan fingerprint density at radius 2 is 1.40 bits per heavy atom. The molecule has 5 rings (SSSR count). The van der Waals surface area contributed by atoms with Gasteiger partial charge in [0, 0.05) is 10.9 Å². The van der Waals surface area contributed by atoms with Gasteiger partial charge in [-0.1, -0.05) is 91.0 Å². The molecule has 0 unspecified atom stereocenters. The molecule has 0 spiro atoms. The Hall–Kier alpha value is -3.76. The topological polar surface area (TPSA) is 37.3 Å². The molecule has 144 valence electrons.